The van der Waals surface area contributed by atoms with Crippen molar-refractivity contribution in [2.75, 3.05) is 19.6 Å². The molecule has 0 aliphatic carbocycles. The summed E-state index contributed by atoms with van der Waals surface area (Å²) in [5.41, 5.74) is 0. The summed E-state index contributed by atoms with van der Waals surface area (Å²) in [7, 11) is 0. The van der Waals surface area contributed by atoms with Crippen molar-refractivity contribution >= 4 is 11.8 Å². The molecule has 1 aliphatic heterocycles. The van der Waals surface area contributed by atoms with Gasteiger partial charge in [-0.1, -0.05) is 13.8 Å². The highest BCUT2D eigenvalue weighted by Crippen LogP contribution is 2.08. The molecule has 1 rings (SSSR count). The predicted molar refractivity (Wildman–Crippen MR) is 58.3 cm³/mol. The molecule has 1 saturated heterocycles. The zero-order chi connectivity index (χ0) is 11.3. The molecule has 1 aliphatic rings. The molecule has 4 heteroatoms. The predicted octanol–water partition coefficient (Wildman–Crippen LogP) is 0.771. The van der Waals surface area contributed by atoms with Gasteiger partial charge in [0.25, 0.3) is 0 Å². The molecule has 1 N–H and O–H groups in total. The Morgan fingerprint density at radius 2 is 1.80 bits per heavy atom. The Morgan fingerprint density at radius 1 is 1.20 bits per heavy atom. The second-order valence-corrected chi connectivity index (χ2v) is 4.46. The van der Waals surface area contributed by atoms with E-state index in [9.17, 15) is 9.59 Å². The average molecular weight is 212 g/mol. The summed E-state index contributed by atoms with van der Waals surface area (Å²) < 4.78 is 0. The number of piperidine rings is 1. The Hall–Kier alpha value is -1.06. The van der Waals surface area contributed by atoms with E-state index in [1.54, 1.807) is 4.90 Å². The van der Waals surface area contributed by atoms with Crippen LogP contribution >= 0.6 is 0 Å². The highest BCUT2D eigenvalue weighted by atomic mass is 16.2. The lowest BCUT2D eigenvalue weighted by Gasteiger charge is -2.26. The van der Waals surface area contributed by atoms with Gasteiger partial charge in [0.15, 0.2) is 0 Å². The molecular weight excluding hydrogens is 192 g/mol. The molecule has 0 bridgehead atoms. The molecule has 0 aromatic heterocycles. The van der Waals surface area contributed by atoms with Crippen LogP contribution < -0.4 is 5.32 Å². The number of nitrogens with zero attached hydrogens (tertiary/aromatic N) is 1. The number of likely N-dealkylation sites (tertiary alicyclic amines) is 1. The first-order valence-electron chi connectivity index (χ1n) is 5.68. The summed E-state index contributed by atoms with van der Waals surface area (Å²) in [5.74, 6) is -0.441. The summed E-state index contributed by atoms with van der Waals surface area (Å²) in [6.07, 6.45) is 3.20. The molecule has 4 nitrogen and oxygen atoms in total. The second-order valence-electron chi connectivity index (χ2n) is 4.46. The minimum absolute atomic E-state index is 0.365. The van der Waals surface area contributed by atoms with Crippen molar-refractivity contribution in [1.82, 2.24) is 10.2 Å². The number of carbonyl (C=O) groups is 2. The summed E-state index contributed by atoms with van der Waals surface area (Å²) in [6.45, 7) is 6.04. The number of hydrogen-bond acceptors (Lipinski definition) is 2. The smallest absolute Gasteiger partial charge is 0.311 e. The van der Waals surface area contributed by atoms with Crippen LogP contribution in [0.3, 0.4) is 0 Å². The number of rotatable bonds is 2. The average Bonchev–Trinajstić information content (AvgIpc) is 2.26. The summed E-state index contributed by atoms with van der Waals surface area (Å²) in [6, 6.07) is 0. The topological polar surface area (TPSA) is 49.4 Å². The van der Waals surface area contributed by atoms with E-state index in [1.165, 1.54) is 0 Å². The van der Waals surface area contributed by atoms with E-state index in [4.69, 9.17) is 0 Å². The van der Waals surface area contributed by atoms with Gasteiger partial charge in [-0.2, -0.15) is 0 Å². The van der Waals surface area contributed by atoms with Crippen molar-refractivity contribution in [2.24, 2.45) is 5.92 Å². The van der Waals surface area contributed by atoms with Gasteiger partial charge in [0.2, 0.25) is 0 Å². The van der Waals surface area contributed by atoms with Crippen molar-refractivity contribution < 1.29 is 9.59 Å². The molecule has 0 atom stereocenters. The van der Waals surface area contributed by atoms with Gasteiger partial charge in [0, 0.05) is 19.6 Å². The normalized spacial score (nSPS) is 16.6. The fraction of sp³-hybridized carbons (Fsp3) is 0.818. The molecule has 0 aromatic rings. The standard InChI is InChI=1S/C11H20N2O2/c1-9(2)8-12-10(14)11(15)13-6-4-3-5-7-13/h9H,3-8H2,1-2H3,(H,12,14). The van der Waals surface area contributed by atoms with Gasteiger partial charge < -0.3 is 10.2 Å². The molecule has 2 amide bonds. The van der Waals surface area contributed by atoms with Crippen LogP contribution in [0.25, 0.3) is 0 Å². The van der Waals surface area contributed by atoms with Crippen LogP contribution in [0.4, 0.5) is 0 Å². The van der Waals surface area contributed by atoms with Crippen molar-refractivity contribution in [1.29, 1.82) is 0 Å². The van der Waals surface area contributed by atoms with Gasteiger partial charge in [0.1, 0.15) is 0 Å². The Labute approximate surface area is 91.0 Å². The van der Waals surface area contributed by atoms with Crippen molar-refractivity contribution in [3.05, 3.63) is 0 Å². The van der Waals surface area contributed by atoms with Gasteiger partial charge >= 0.3 is 11.8 Å². The molecule has 0 radical (unpaired) electrons. The zero-order valence-electron chi connectivity index (χ0n) is 9.58. The van der Waals surface area contributed by atoms with E-state index < -0.39 is 5.91 Å². The lowest BCUT2D eigenvalue weighted by atomic mass is 10.1. The molecule has 15 heavy (non-hydrogen) atoms. The number of amides is 2. The SMILES string of the molecule is CC(C)CNC(=O)C(=O)N1CCCCC1. The molecule has 1 fully saturated rings. The Balaban J connectivity index is 2.34. The minimum atomic E-state index is -0.453. The highest BCUT2D eigenvalue weighted by Gasteiger charge is 2.22. The highest BCUT2D eigenvalue weighted by molar-refractivity contribution is 6.35. The third-order valence-electron chi connectivity index (χ3n) is 2.51. The lowest BCUT2D eigenvalue weighted by Crippen LogP contribution is -2.45. The molecule has 0 aromatic carbocycles. The first-order chi connectivity index (χ1) is 7.11. The maximum absolute atomic E-state index is 11.6. The van der Waals surface area contributed by atoms with Crippen molar-refractivity contribution in [3.8, 4) is 0 Å². The van der Waals surface area contributed by atoms with Crippen LogP contribution in [0.5, 0.6) is 0 Å². The fourth-order valence-electron chi connectivity index (χ4n) is 1.61. The van der Waals surface area contributed by atoms with Gasteiger partial charge in [-0.3, -0.25) is 9.59 Å². The number of nitrogens with one attached hydrogen (secondary N) is 1. The van der Waals surface area contributed by atoms with E-state index in [1.807, 2.05) is 13.8 Å². The van der Waals surface area contributed by atoms with Gasteiger partial charge in [-0.15, -0.1) is 0 Å². The largest absolute Gasteiger partial charge is 0.348 e. The first kappa shape index (κ1) is 12.0. The Bertz CT molecular complexity index is 233. The lowest BCUT2D eigenvalue weighted by molar-refractivity contribution is -0.146. The van der Waals surface area contributed by atoms with Crippen LogP contribution in [0.1, 0.15) is 33.1 Å². The second kappa shape index (κ2) is 5.73. The molecule has 1 heterocycles. The van der Waals surface area contributed by atoms with E-state index in [2.05, 4.69) is 5.32 Å². The maximum Gasteiger partial charge on any atom is 0.311 e. The van der Waals surface area contributed by atoms with Crippen LogP contribution in [-0.2, 0) is 9.59 Å². The van der Waals surface area contributed by atoms with Gasteiger partial charge in [-0.25, -0.2) is 0 Å². The Kier molecular flexibility index (Phi) is 4.59. The maximum atomic E-state index is 11.6. The van der Waals surface area contributed by atoms with Crippen LogP contribution in [0.15, 0.2) is 0 Å². The third kappa shape index (κ3) is 3.90. The van der Waals surface area contributed by atoms with E-state index in [-0.39, 0.29) is 5.91 Å². The molecule has 0 saturated carbocycles. The van der Waals surface area contributed by atoms with E-state index in [0.29, 0.717) is 12.5 Å². The Morgan fingerprint density at radius 3 is 2.33 bits per heavy atom. The minimum Gasteiger partial charge on any atom is -0.348 e. The fourth-order valence-corrected chi connectivity index (χ4v) is 1.61. The summed E-state index contributed by atoms with van der Waals surface area (Å²) in [4.78, 5) is 24.7. The molecule has 0 unspecified atom stereocenters. The first-order valence-corrected chi connectivity index (χ1v) is 5.68. The van der Waals surface area contributed by atoms with Gasteiger partial charge in [-0.05, 0) is 25.2 Å². The van der Waals surface area contributed by atoms with Crippen LogP contribution in [0, 0.1) is 5.92 Å². The van der Waals surface area contributed by atoms with Crippen molar-refractivity contribution in [3.63, 3.8) is 0 Å². The number of carbonyl (C=O) groups excluding carboxylic acids is 2. The van der Waals surface area contributed by atoms with Crippen LogP contribution in [0.2, 0.25) is 0 Å². The molecule has 86 valence electrons. The third-order valence-corrected chi connectivity index (χ3v) is 2.51. The summed E-state index contributed by atoms with van der Waals surface area (Å²) >= 11 is 0. The quantitative estimate of drug-likeness (QED) is 0.687. The summed E-state index contributed by atoms with van der Waals surface area (Å²) in [5, 5.41) is 2.65. The van der Waals surface area contributed by atoms with E-state index >= 15 is 0 Å². The van der Waals surface area contributed by atoms with Crippen molar-refractivity contribution in [2.45, 2.75) is 33.1 Å². The molecular formula is C11H20N2O2. The van der Waals surface area contributed by atoms with Gasteiger partial charge in [0.05, 0.1) is 0 Å². The monoisotopic (exact) mass is 212 g/mol. The van der Waals surface area contributed by atoms with Crippen LogP contribution in [-0.4, -0.2) is 36.3 Å². The zero-order valence-corrected chi connectivity index (χ0v) is 9.58. The molecule has 0 spiro atoms. The number of hydrogen-bond donors (Lipinski definition) is 1. The van der Waals surface area contributed by atoms with E-state index in [0.717, 1.165) is 32.4 Å².